The van der Waals surface area contributed by atoms with Gasteiger partial charge in [0, 0.05) is 19.4 Å². The van der Waals surface area contributed by atoms with Gasteiger partial charge in [0.2, 0.25) is 5.89 Å². The molecule has 2 heterocycles. The van der Waals surface area contributed by atoms with E-state index in [1.165, 1.54) is 0 Å². The second kappa shape index (κ2) is 5.21. The van der Waals surface area contributed by atoms with Crippen molar-refractivity contribution >= 4 is 16.7 Å². The molecule has 0 fully saturated rings. The quantitative estimate of drug-likeness (QED) is 0.732. The van der Waals surface area contributed by atoms with Crippen molar-refractivity contribution in [1.82, 2.24) is 15.1 Å². The number of pyridine rings is 1. The van der Waals surface area contributed by atoms with E-state index in [4.69, 9.17) is 9.78 Å². The Kier molecular flexibility index (Phi) is 3.24. The van der Waals surface area contributed by atoms with Crippen molar-refractivity contribution in [3.8, 4) is 6.07 Å². The fourth-order valence-electron chi connectivity index (χ4n) is 2.10. The van der Waals surface area contributed by atoms with Crippen LogP contribution < -0.4 is 4.90 Å². The molecule has 6 nitrogen and oxygen atoms in total. The van der Waals surface area contributed by atoms with Gasteiger partial charge in [0.1, 0.15) is 5.82 Å². The van der Waals surface area contributed by atoms with Gasteiger partial charge in [-0.2, -0.15) is 10.2 Å². The van der Waals surface area contributed by atoms with Crippen LogP contribution in [-0.2, 0) is 6.54 Å². The molecule has 6 heteroatoms. The average molecular weight is 279 g/mol. The first-order valence-corrected chi connectivity index (χ1v) is 6.47. The Morgan fingerprint density at radius 3 is 2.81 bits per heavy atom. The molecule has 0 aliphatic carbocycles. The van der Waals surface area contributed by atoms with E-state index >= 15 is 0 Å². The van der Waals surface area contributed by atoms with Crippen molar-refractivity contribution in [1.29, 1.82) is 5.26 Å². The standard InChI is InChI=1S/C15H13N5O/c1-10-17-14(19-21-10)9-20(2)15-6-4-12-7-11(8-16)3-5-13(12)18-15/h3-7H,9H2,1-2H3. The normalized spacial score (nSPS) is 10.5. The number of rotatable bonds is 3. The van der Waals surface area contributed by atoms with Crippen LogP contribution in [-0.4, -0.2) is 22.2 Å². The topological polar surface area (TPSA) is 78.8 Å². The molecule has 0 atom stereocenters. The zero-order valence-electron chi connectivity index (χ0n) is 11.7. The largest absolute Gasteiger partial charge is 0.352 e. The van der Waals surface area contributed by atoms with Crippen molar-refractivity contribution in [3.05, 3.63) is 47.6 Å². The maximum atomic E-state index is 8.90. The van der Waals surface area contributed by atoms with Crippen LogP contribution >= 0.6 is 0 Å². The smallest absolute Gasteiger partial charge is 0.223 e. The molecule has 0 amide bonds. The third-order valence-corrected chi connectivity index (χ3v) is 3.14. The Morgan fingerprint density at radius 2 is 2.10 bits per heavy atom. The SMILES string of the molecule is Cc1nc(CN(C)c2ccc3cc(C#N)ccc3n2)no1. The summed E-state index contributed by atoms with van der Waals surface area (Å²) >= 11 is 0. The fraction of sp³-hybridized carbons (Fsp3) is 0.200. The van der Waals surface area contributed by atoms with Crippen molar-refractivity contribution in [2.75, 3.05) is 11.9 Å². The lowest BCUT2D eigenvalue weighted by molar-refractivity contribution is 0.387. The maximum Gasteiger partial charge on any atom is 0.223 e. The molecule has 3 rings (SSSR count). The van der Waals surface area contributed by atoms with Gasteiger partial charge in [-0.1, -0.05) is 5.16 Å². The summed E-state index contributed by atoms with van der Waals surface area (Å²) in [5.41, 5.74) is 1.48. The van der Waals surface area contributed by atoms with Crippen LogP contribution in [0.15, 0.2) is 34.9 Å². The number of nitrogens with zero attached hydrogens (tertiary/aromatic N) is 5. The molecule has 0 unspecified atom stereocenters. The van der Waals surface area contributed by atoms with Gasteiger partial charge < -0.3 is 9.42 Å². The van der Waals surface area contributed by atoms with Crippen LogP contribution in [0, 0.1) is 18.3 Å². The van der Waals surface area contributed by atoms with E-state index in [-0.39, 0.29) is 0 Å². The van der Waals surface area contributed by atoms with Gasteiger partial charge in [0.25, 0.3) is 0 Å². The molecule has 3 aromatic rings. The van der Waals surface area contributed by atoms with Crippen molar-refractivity contribution < 1.29 is 4.52 Å². The molecule has 0 aliphatic rings. The van der Waals surface area contributed by atoms with E-state index in [2.05, 4.69) is 21.2 Å². The predicted octanol–water partition coefficient (Wildman–Crippen LogP) is 2.43. The number of fused-ring (bicyclic) bond motifs is 1. The minimum Gasteiger partial charge on any atom is -0.352 e. The van der Waals surface area contributed by atoms with Crippen LogP contribution in [0.4, 0.5) is 5.82 Å². The van der Waals surface area contributed by atoms with Crippen LogP contribution in [0.5, 0.6) is 0 Å². The maximum absolute atomic E-state index is 8.90. The Labute approximate surface area is 121 Å². The van der Waals surface area contributed by atoms with Gasteiger partial charge in [-0.05, 0) is 30.3 Å². The summed E-state index contributed by atoms with van der Waals surface area (Å²) in [5, 5.41) is 13.7. The second-order valence-electron chi connectivity index (χ2n) is 4.77. The Morgan fingerprint density at radius 1 is 1.24 bits per heavy atom. The highest BCUT2D eigenvalue weighted by atomic mass is 16.5. The van der Waals surface area contributed by atoms with E-state index < -0.39 is 0 Å². The lowest BCUT2D eigenvalue weighted by Gasteiger charge is -2.16. The summed E-state index contributed by atoms with van der Waals surface area (Å²) in [4.78, 5) is 10.7. The van der Waals surface area contributed by atoms with Gasteiger partial charge in [0.15, 0.2) is 5.82 Å². The summed E-state index contributed by atoms with van der Waals surface area (Å²) in [7, 11) is 1.92. The summed E-state index contributed by atoms with van der Waals surface area (Å²) < 4.78 is 4.96. The monoisotopic (exact) mass is 279 g/mol. The van der Waals surface area contributed by atoms with E-state index in [0.29, 0.717) is 23.8 Å². The second-order valence-corrected chi connectivity index (χ2v) is 4.77. The molecule has 0 saturated heterocycles. The molecular weight excluding hydrogens is 266 g/mol. The minimum atomic E-state index is 0.520. The molecular formula is C15H13N5O. The van der Waals surface area contributed by atoms with Gasteiger partial charge >= 0.3 is 0 Å². The zero-order chi connectivity index (χ0) is 14.8. The molecule has 0 radical (unpaired) electrons. The van der Waals surface area contributed by atoms with E-state index in [0.717, 1.165) is 16.7 Å². The lowest BCUT2D eigenvalue weighted by Crippen LogP contribution is -2.18. The summed E-state index contributed by atoms with van der Waals surface area (Å²) in [6.07, 6.45) is 0. The molecule has 104 valence electrons. The van der Waals surface area contributed by atoms with Crippen molar-refractivity contribution in [3.63, 3.8) is 0 Å². The first kappa shape index (κ1) is 13.1. The molecule has 0 spiro atoms. The molecule has 0 N–H and O–H groups in total. The number of nitriles is 1. The number of aryl methyl sites for hydroxylation is 1. The first-order chi connectivity index (χ1) is 10.2. The molecule has 0 aliphatic heterocycles. The highest BCUT2D eigenvalue weighted by Gasteiger charge is 2.09. The van der Waals surface area contributed by atoms with Crippen molar-refractivity contribution in [2.45, 2.75) is 13.5 Å². The van der Waals surface area contributed by atoms with Crippen LogP contribution in [0.2, 0.25) is 0 Å². The third kappa shape index (κ3) is 2.67. The zero-order valence-corrected chi connectivity index (χ0v) is 11.7. The molecule has 1 aromatic carbocycles. The van der Waals surface area contributed by atoms with E-state index in [1.807, 2.05) is 36.2 Å². The van der Waals surface area contributed by atoms with Crippen LogP contribution in [0.3, 0.4) is 0 Å². The van der Waals surface area contributed by atoms with E-state index in [1.54, 1.807) is 13.0 Å². The highest BCUT2D eigenvalue weighted by molar-refractivity contribution is 5.81. The Bertz CT molecular complexity index is 833. The average Bonchev–Trinajstić information content (AvgIpc) is 2.91. The van der Waals surface area contributed by atoms with Crippen LogP contribution in [0.1, 0.15) is 17.3 Å². The predicted molar refractivity (Wildman–Crippen MR) is 77.6 cm³/mol. The number of benzene rings is 1. The van der Waals surface area contributed by atoms with Crippen LogP contribution in [0.25, 0.3) is 10.9 Å². The van der Waals surface area contributed by atoms with Gasteiger partial charge in [-0.15, -0.1) is 0 Å². The molecule has 0 saturated carbocycles. The van der Waals surface area contributed by atoms with Gasteiger partial charge in [-0.25, -0.2) is 4.98 Å². The number of aromatic nitrogens is 3. The van der Waals surface area contributed by atoms with Gasteiger partial charge in [0.05, 0.1) is 23.7 Å². The number of hydrogen-bond acceptors (Lipinski definition) is 6. The highest BCUT2D eigenvalue weighted by Crippen LogP contribution is 2.19. The summed E-state index contributed by atoms with van der Waals surface area (Å²) in [6, 6.07) is 11.4. The first-order valence-electron chi connectivity index (χ1n) is 6.47. The molecule has 0 bridgehead atoms. The Balaban J connectivity index is 1.88. The lowest BCUT2D eigenvalue weighted by atomic mass is 10.1. The third-order valence-electron chi connectivity index (χ3n) is 3.14. The van der Waals surface area contributed by atoms with Crippen molar-refractivity contribution in [2.24, 2.45) is 0 Å². The summed E-state index contributed by atoms with van der Waals surface area (Å²) in [6.45, 7) is 2.28. The van der Waals surface area contributed by atoms with Gasteiger partial charge in [-0.3, -0.25) is 0 Å². The molecule has 2 aromatic heterocycles. The number of anilines is 1. The molecule has 21 heavy (non-hydrogen) atoms. The fourth-order valence-corrected chi connectivity index (χ4v) is 2.10. The Hall–Kier alpha value is -2.94. The summed E-state index contributed by atoms with van der Waals surface area (Å²) in [5.74, 6) is 1.99. The number of hydrogen-bond donors (Lipinski definition) is 0. The minimum absolute atomic E-state index is 0.520. The van der Waals surface area contributed by atoms with E-state index in [9.17, 15) is 0 Å².